The number of aromatic nitrogens is 1. The van der Waals surface area contributed by atoms with Crippen LogP contribution in [0.25, 0.3) is 10.9 Å². The van der Waals surface area contributed by atoms with Gasteiger partial charge < -0.3 is 9.88 Å². The largest absolute Gasteiger partial charge is 0.361 e. The molecule has 0 radical (unpaired) electrons. The van der Waals surface area contributed by atoms with Crippen molar-refractivity contribution >= 4 is 28.4 Å². The number of rotatable bonds is 4. The van der Waals surface area contributed by atoms with Crippen LogP contribution in [0.3, 0.4) is 0 Å². The molecule has 1 aliphatic carbocycles. The number of carbonyl (C=O) groups is 1. The quantitative estimate of drug-likeness (QED) is 0.673. The molecule has 2 aromatic rings. The molecule has 4 heteroatoms. The monoisotopic (exact) mass is 386 g/mol. The van der Waals surface area contributed by atoms with E-state index in [4.69, 9.17) is 11.6 Å². The summed E-state index contributed by atoms with van der Waals surface area (Å²) in [5.74, 6) is 1.74. The molecule has 1 saturated carbocycles. The second-order valence-corrected chi connectivity index (χ2v) is 9.27. The van der Waals surface area contributed by atoms with E-state index in [1.165, 1.54) is 49.5 Å². The topological polar surface area (TPSA) is 36.1 Å². The van der Waals surface area contributed by atoms with Crippen LogP contribution < -0.4 is 0 Å². The van der Waals surface area contributed by atoms with E-state index >= 15 is 0 Å². The van der Waals surface area contributed by atoms with Gasteiger partial charge in [-0.1, -0.05) is 44.4 Å². The number of amides is 1. The summed E-state index contributed by atoms with van der Waals surface area (Å²) >= 11 is 6.14. The Morgan fingerprint density at radius 2 is 2.00 bits per heavy atom. The van der Waals surface area contributed by atoms with E-state index in [0.29, 0.717) is 24.3 Å². The van der Waals surface area contributed by atoms with Crippen molar-refractivity contribution in [2.75, 3.05) is 6.54 Å². The summed E-state index contributed by atoms with van der Waals surface area (Å²) in [6, 6.07) is 6.49. The Morgan fingerprint density at radius 3 is 2.81 bits per heavy atom. The first kappa shape index (κ1) is 18.9. The van der Waals surface area contributed by atoms with Crippen LogP contribution in [0.1, 0.15) is 70.3 Å². The number of hydrogen-bond acceptors (Lipinski definition) is 1. The summed E-state index contributed by atoms with van der Waals surface area (Å²) in [5.41, 5.74) is 2.31. The third-order valence-corrected chi connectivity index (χ3v) is 7.07. The van der Waals surface area contributed by atoms with E-state index in [1.54, 1.807) is 0 Å². The maximum absolute atomic E-state index is 13.3. The minimum Gasteiger partial charge on any atom is -0.361 e. The van der Waals surface area contributed by atoms with Gasteiger partial charge in [-0.2, -0.15) is 0 Å². The highest BCUT2D eigenvalue weighted by molar-refractivity contribution is 6.31. The maximum Gasteiger partial charge on any atom is 0.223 e. The van der Waals surface area contributed by atoms with Gasteiger partial charge in [-0.05, 0) is 61.1 Å². The lowest BCUT2D eigenvalue weighted by Gasteiger charge is -2.44. The number of nitrogens with one attached hydrogen (secondary N) is 1. The zero-order valence-electron chi connectivity index (χ0n) is 16.5. The van der Waals surface area contributed by atoms with Crippen LogP contribution in [0, 0.1) is 11.8 Å². The van der Waals surface area contributed by atoms with E-state index < -0.39 is 0 Å². The minimum absolute atomic E-state index is 0.233. The number of halogens is 1. The fraction of sp³-hybridized carbons (Fsp3) is 0.609. The molecule has 1 aromatic carbocycles. The Labute approximate surface area is 167 Å². The average molecular weight is 387 g/mol. The number of piperidine rings is 1. The van der Waals surface area contributed by atoms with Crippen molar-refractivity contribution in [2.24, 2.45) is 11.8 Å². The maximum atomic E-state index is 13.3. The van der Waals surface area contributed by atoms with Crippen molar-refractivity contribution in [2.45, 2.75) is 70.8 Å². The lowest BCUT2D eigenvalue weighted by Crippen LogP contribution is -2.50. The summed E-state index contributed by atoms with van der Waals surface area (Å²) < 4.78 is 0. The van der Waals surface area contributed by atoms with Crippen molar-refractivity contribution in [1.82, 2.24) is 9.88 Å². The number of aromatic amines is 1. The van der Waals surface area contributed by atoms with Gasteiger partial charge in [0.25, 0.3) is 0 Å². The van der Waals surface area contributed by atoms with E-state index in [0.717, 1.165) is 23.0 Å². The van der Waals surface area contributed by atoms with Crippen LogP contribution >= 0.6 is 11.6 Å². The van der Waals surface area contributed by atoms with Crippen LogP contribution in [0.15, 0.2) is 24.4 Å². The summed E-state index contributed by atoms with van der Waals surface area (Å²) in [6.07, 6.45) is 10.3. The minimum atomic E-state index is 0.233. The number of nitrogens with zero attached hydrogens (tertiary/aromatic N) is 1. The van der Waals surface area contributed by atoms with Gasteiger partial charge in [0.15, 0.2) is 0 Å². The van der Waals surface area contributed by atoms with Crippen molar-refractivity contribution in [3.63, 3.8) is 0 Å². The number of benzene rings is 1. The van der Waals surface area contributed by atoms with Crippen molar-refractivity contribution in [3.8, 4) is 0 Å². The molecule has 4 rings (SSSR count). The molecule has 146 valence electrons. The fourth-order valence-electron chi connectivity index (χ4n) is 5.37. The highest BCUT2D eigenvalue weighted by atomic mass is 35.5. The Kier molecular flexibility index (Phi) is 5.50. The van der Waals surface area contributed by atoms with E-state index in [-0.39, 0.29) is 5.92 Å². The lowest BCUT2D eigenvalue weighted by atomic mass is 9.77. The summed E-state index contributed by atoms with van der Waals surface area (Å²) in [6.45, 7) is 5.41. The fourth-order valence-corrected chi connectivity index (χ4v) is 5.54. The second kappa shape index (κ2) is 7.87. The van der Waals surface area contributed by atoms with E-state index in [2.05, 4.69) is 36.0 Å². The number of fused-ring (bicyclic) bond motifs is 2. The number of H-pyrrole nitrogens is 1. The zero-order valence-corrected chi connectivity index (χ0v) is 17.3. The number of likely N-dealkylation sites (tertiary alicyclic amines) is 1. The van der Waals surface area contributed by atoms with Crippen molar-refractivity contribution < 1.29 is 4.79 Å². The number of hydrogen-bond donors (Lipinski definition) is 1. The molecule has 2 fully saturated rings. The Hall–Kier alpha value is -1.48. The van der Waals surface area contributed by atoms with Crippen LogP contribution in [0.2, 0.25) is 5.02 Å². The third-order valence-electron chi connectivity index (χ3n) is 6.84. The molecule has 27 heavy (non-hydrogen) atoms. The molecule has 3 nitrogen and oxygen atoms in total. The second-order valence-electron chi connectivity index (χ2n) is 8.83. The molecule has 0 bridgehead atoms. The van der Waals surface area contributed by atoms with Gasteiger partial charge in [0.05, 0.1) is 0 Å². The molecular formula is C23H31ClN2O. The molecule has 1 aliphatic heterocycles. The molecule has 3 atom stereocenters. The van der Waals surface area contributed by atoms with Gasteiger partial charge in [-0.15, -0.1) is 0 Å². The molecule has 2 heterocycles. The standard InChI is InChI=1S/C23H31ClN2O/c1-15(2)19(20-14-25-21-12-17(24)9-10-18(20)21)13-23(27)26-11-5-7-16-6-3-4-8-22(16)26/h9-10,12,14-16,19,22,25H,3-8,11,13H2,1-2H3. The Morgan fingerprint density at radius 1 is 1.22 bits per heavy atom. The normalized spacial score (nSPS) is 24.2. The van der Waals surface area contributed by atoms with Gasteiger partial charge >= 0.3 is 0 Å². The smallest absolute Gasteiger partial charge is 0.223 e. The predicted octanol–water partition coefficient (Wildman–Crippen LogP) is 6.13. The van der Waals surface area contributed by atoms with Crippen LogP contribution in [-0.4, -0.2) is 28.4 Å². The SMILES string of the molecule is CC(C)C(CC(=O)N1CCCC2CCCCC21)c1c[nH]c2cc(Cl)ccc12. The van der Waals surface area contributed by atoms with Crippen LogP contribution in [0.4, 0.5) is 0 Å². The van der Waals surface area contributed by atoms with Gasteiger partial charge in [0.1, 0.15) is 0 Å². The average Bonchev–Trinajstić information content (AvgIpc) is 3.07. The first-order valence-electron chi connectivity index (χ1n) is 10.6. The molecule has 1 aromatic heterocycles. The molecule has 3 unspecified atom stereocenters. The van der Waals surface area contributed by atoms with Crippen molar-refractivity contribution in [1.29, 1.82) is 0 Å². The molecule has 1 amide bonds. The zero-order chi connectivity index (χ0) is 19.0. The highest BCUT2D eigenvalue weighted by Crippen LogP contribution is 2.38. The highest BCUT2D eigenvalue weighted by Gasteiger charge is 2.36. The molecule has 1 saturated heterocycles. The van der Waals surface area contributed by atoms with E-state index in [1.807, 2.05) is 12.1 Å². The van der Waals surface area contributed by atoms with Gasteiger partial charge in [0, 0.05) is 41.1 Å². The third kappa shape index (κ3) is 3.76. The molecule has 0 spiro atoms. The first-order valence-corrected chi connectivity index (χ1v) is 11.0. The van der Waals surface area contributed by atoms with Crippen molar-refractivity contribution in [3.05, 3.63) is 35.0 Å². The number of carbonyl (C=O) groups excluding carboxylic acids is 1. The molecule has 1 N–H and O–H groups in total. The summed E-state index contributed by atoms with van der Waals surface area (Å²) in [4.78, 5) is 18.9. The summed E-state index contributed by atoms with van der Waals surface area (Å²) in [7, 11) is 0. The molecular weight excluding hydrogens is 356 g/mol. The Bertz CT molecular complexity index is 810. The van der Waals surface area contributed by atoms with Gasteiger partial charge in [-0.25, -0.2) is 0 Å². The van der Waals surface area contributed by atoms with Crippen LogP contribution in [0.5, 0.6) is 0 Å². The van der Waals surface area contributed by atoms with Gasteiger partial charge in [0.2, 0.25) is 5.91 Å². The predicted molar refractivity (Wildman–Crippen MR) is 112 cm³/mol. The van der Waals surface area contributed by atoms with Crippen LogP contribution in [-0.2, 0) is 4.79 Å². The molecule has 2 aliphatic rings. The van der Waals surface area contributed by atoms with Gasteiger partial charge in [-0.3, -0.25) is 4.79 Å². The summed E-state index contributed by atoms with van der Waals surface area (Å²) in [5, 5.41) is 1.94. The first-order chi connectivity index (χ1) is 13.0. The lowest BCUT2D eigenvalue weighted by molar-refractivity contribution is -0.138. The van der Waals surface area contributed by atoms with E-state index in [9.17, 15) is 4.79 Å². The Balaban J connectivity index is 1.56.